The third-order valence-corrected chi connectivity index (χ3v) is 15.4. The molecule has 6 nitrogen and oxygen atoms in total. The van der Waals surface area contributed by atoms with E-state index in [9.17, 15) is 14.7 Å². The fraction of sp³-hybridized carbons (Fsp3) is 0.652. The summed E-state index contributed by atoms with van der Waals surface area (Å²) < 4.78 is 8.82. The molecule has 1 atom stereocenters. The molecule has 0 aliphatic heterocycles. The molecule has 188 valence electrons. The van der Waals surface area contributed by atoms with Crippen LogP contribution >= 0.6 is 27.2 Å². The summed E-state index contributed by atoms with van der Waals surface area (Å²) in [4.78, 5) is 26.7. The standard InChI is InChI=1S/C23H38NO5PS3/c1-4-7-16-32-30(31,33-17-8-5-2)19-24(21(22(25)26)14-15-28-6-3)23(27)29-18-20-12-10-9-11-13-20/h9-13,21H,4-8,14-19H2,1-3H3,(H,25,26). The van der Waals surface area contributed by atoms with Crippen molar-refractivity contribution in [1.29, 1.82) is 0 Å². The fourth-order valence-electron chi connectivity index (χ4n) is 2.84. The van der Waals surface area contributed by atoms with E-state index in [0.717, 1.165) is 42.8 Å². The summed E-state index contributed by atoms with van der Waals surface area (Å²) in [5.41, 5.74) is 0.848. The largest absolute Gasteiger partial charge is 0.480 e. The van der Waals surface area contributed by atoms with Gasteiger partial charge in [-0.3, -0.25) is 4.90 Å². The van der Waals surface area contributed by atoms with Crippen molar-refractivity contribution in [2.75, 3.05) is 31.0 Å². The van der Waals surface area contributed by atoms with Gasteiger partial charge in [-0.05, 0) is 36.8 Å². The third-order valence-electron chi connectivity index (χ3n) is 4.74. The van der Waals surface area contributed by atoms with Crippen LogP contribution in [-0.4, -0.2) is 59.1 Å². The molecule has 0 aliphatic carbocycles. The highest BCUT2D eigenvalue weighted by atomic mass is 33.2. The van der Waals surface area contributed by atoms with Crippen LogP contribution in [0.25, 0.3) is 0 Å². The molecule has 10 heteroatoms. The molecule has 1 rings (SSSR count). The molecule has 0 aliphatic rings. The van der Waals surface area contributed by atoms with Gasteiger partial charge in [0.05, 0.1) is 10.7 Å². The van der Waals surface area contributed by atoms with E-state index >= 15 is 0 Å². The molecule has 33 heavy (non-hydrogen) atoms. The Morgan fingerprint density at radius 2 is 1.70 bits per heavy atom. The maximum absolute atomic E-state index is 13.2. The lowest BCUT2D eigenvalue weighted by molar-refractivity contribution is -0.143. The zero-order chi connectivity index (χ0) is 24.5. The van der Waals surface area contributed by atoms with E-state index in [-0.39, 0.29) is 25.9 Å². The number of carbonyl (C=O) groups is 2. The molecular formula is C23H38NO5PS3. The number of hydrogen-bond donors (Lipinski definition) is 1. The summed E-state index contributed by atoms with van der Waals surface area (Å²) in [6, 6.07) is 8.33. The number of carboxylic acid groups (broad SMARTS) is 1. The number of carboxylic acids is 1. The number of amides is 1. The van der Waals surface area contributed by atoms with Crippen LogP contribution in [-0.2, 0) is 32.7 Å². The van der Waals surface area contributed by atoms with E-state index in [1.165, 1.54) is 4.90 Å². The van der Waals surface area contributed by atoms with Gasteiger partial charge in [0.15, 0.2) is 0 Å². The predicted octanol–water partition coefficient (Wildman–Crippen LogP) is 6.84. The second kappa shape index (κ2) is 17.7. The first-order valence-corrected chi connectivity index (χ1v) is 17.7. The molecule has 0 spiro atoms. The van der Waals surface area contributed by atoms with Crippen LogP contribution in [0, 0.1) is 0 Å². The zero-order valence-electron chi connectivity index (χ0n) is 19.9. The van der Waals surface area contributed by atoms with Crippen LogP contribution < -0.4 is 0 Å². The minimum absolute atomic E-state index is 0.0861. The van der Waals surface area contributed by atoms with Gasteiger partial charge in [-0.25, -0.2) is 9.59 Å². The first-order valence-electron chi connectivity index (χ1n) is 11.5. The summed E-state index contributed by atoms with van der Waals surface area (Å²) in [7, 11) is 0. The number of unbranched alkanes of at least 4 members (excludes halogenated alkanes) is 2. The second-order valence-electron chi connectivity index (χ2n) is 7.48. The number of carbonyl (C=O) groups excluding carboxylic acids is 1. The Kier molecular flexibility index (Phi) is 16.2. The highest BCUT2D eigenvalue weighted by Gasteiger charge is 2.35. The fourth-order valence-corrected chi connectivity index (χ4v) is 12.8. The van der Waals surface area contributed by atoms with Crippen LogP contribution in [0.1, 0.15) is 58.4 Å². The highest BCUT2D eigenvalue weighted by molar-refractivity contribution is 9.00. The quantitative estimate of drug-likeness (QED) is 0.162. The Labute approximate surface area is 212 Å². The summed E-state index contributed by atoms with van der Waals surface area (Å²) >= 11 is 9.57. The van der Waals surface area contributed by atoms with Crippen molar-refractivity contribution in [1.82, 2.24) is 4.90 Å². The molecule has 0 fully saturated rings. The second-order valence-corrected chi connectivity index (χ2v) is 19.6. The highest BCUT2D eigenvalue weighted by Crippen LogP contribution is 2.70. The molecule has 1 aromatic carbocycles. The third kappa shape index (κ3) is 12.5. The first kappa shape index (κ1) is 30.3. The van der Waals surface area contributed by atoms with Gasteiger partial charge in [0.25, 0.3) is 0 Å². The Morgan fingerprint density at radius 3 is 2.21 bits per heavy atom. The van der Waals surface area contributed by atoms with Gasteiger partial charge in [0.1, 0.15) is 12.6 Å². The molecule has 0 saturated carbocycles. The number of hydrogen-bond acceptors (Lipinski definition) is 7. The Morgan fingerprint density at radius 1 is 1.09 bits per heavy atom. The van der Waals surface area contributed by atoms with Crippen molar-refractivity contribution in [2.24, 2.45) is 0 Å². The van der Waals surface area contributed by atoms with Crippen LogP contribution in [0.5, 0.6) is 0 Å². The molecule has 0 saturated heterocycles. The number of aliphatic carboxylic acids is 1. The van der Waals surface area contributed by atoms with Crippen molar-refractivity contribution in [3.05, 3.63) is 35.9 Å². The topological polar surface area (TPSA) is 76.1 Å². The lowest BCUT2D eigenvalue weighted by Gasteiger charge is -2.33. The van der Waals surface area contributed by atoms with Crippen molar-refractivity contribution in [3.63, 3.8) is 0 Å². The number of nitrogens with zero attached hydrogens (tertiary/aromatic N) is 1. The SMILES string of the molecule is CCCCSP(=S)(CN(C(=O)OCc1ccccc1)C(CCOCC)C(=O)O)SCCCC. The average molecular weight is 536 g/mol. The lowest BCUT2D eigenvalue weighted by atomic mass is 10.2. The van der Waals surface area contributed by atoms with E-state index < -0.39 is 22.5 Å². The summed E-state index contributed by atoms with van der Waals surface area (Å²) in [6.07, 6.45) is 4.00. The molecule has 0 aromatic heterocycles. The Bertz CT molecular complexity index is 724. The van der Waals surface area contributed by atoms with Crippen LogP contribution in [0.4, 0.5) is 4.79 Å². The molecule has 0 bridgehead atoms. The normalized spacial score (nSPS) is 12.3. The number of rotatable bonds is 18. The van der Waals surface area contributed by atoms with E-state index in [0.29, 0.717) is 6.61 Å². The van der Waals surface area contributed by atoms with Gasteiger partial charge in [0, 0.05) is 19.6 Å². The molecular weight excluding hydrogens is 497 g/mol. The summed E-state index contributed by atoms with van der Waals surface area (Å²) in [6.45, 7) is 6.96. The lowest BCUT2D eigenvalue weighted by Crippen LogP contribution is -2.46. The molecule has 0 radical (unpaired) electrons. The maximum Gasteiger partial charge on any atom is 0.411 e. The van der Waals surface area contributed by atoms with Crippen molar-refractivity contribution in [2.45, 2.75) is 65.5 Å². The van der Waals surface area contributed by atoms with Gasteiger partial charge < -0.3 is 14.6 Å². The van der Waals surface area contributed by atoms with Gasteiger partial charge in [-0.2, -0.15) is 0 Å². The minimum atomic E-state index is -2.13. The van der Waals surface area contributed by atoms with E-state index in [1.807, 2.05) is 37.3 Å². The van der Waals surface area contributed by atoms with Crippen LogP contribution in [0.15, 0.2) is 30.3 Å². The average Bonchev–Trinajstić information content (AvgIpc) is 2.80. The Hall–Kier alpha value is -0.730. The summed E-state index contributed by atoms with van der Waals surface area (Å²) in [5, 5.41) is 9.96. The monoisotopic (exact) mass is 535 g/mol. The number of benzene rings is 1. The van der Waals surface area contributed by atoms with Gasteiger partial charge >= 0.3 is 12.1 Å². The first-order chi connectivity index (χ1) is 15.9. The molecule has 1 unspecified atom stereocenters. The van der Waals surface area contributed by atoms with Gasteiger partial charge in [-0.1, -0.05) is 68.8 Å². The molecule has 1 amide bonds. The van der Waals surface area contributed by atoms with Crippen LogP contribution in [0.3, 0.4) is 0 Å². The molecule has 0 heterocycles. The zero-order valence-corrected chi connectivity index (χ0v) is 23.3. The van der Waals surface area contributed by atoms with Crippen molar-refractivity contribution in [3.8, 4) is 0 Å². The predicted molar refractivity (Wildman–Crippen MR) is 145 cm³/mol. The minimum Gasteiger partial charge on any atom is -0.480 e. The molecule has 1 N–H and O–H groups in total. The van der Waals surface area contributed by atoms with Crippen LogP contribution in [0.2, 0.25) is 0 Å². The van der Waals surface area contributed by atoms with Crippen molar-refractivity contribution < 1.29 is 24.2 Å². The van der Waals surface area contributed by atoms with Gasteiger partial charge in [-0.15, -0.1) is 22.8 Å². The maximum atomic E-state index is 13.2. The van der Waals surface area contributed by atoms with E-state index in [2.05, 4.69) is 13.8 Å². The number of ether oxygens (including phenoxy) is 2. The van der Waals surface area contributed by atoms with E-state index in [4.69, 9.17) is 21.3 Å². The smallest absolute Gasteiger partial charge is 0.411 e. The Balaban J connectivity index is 3.09. The summed E-state index contributed by atoms with van der Waals surface area (Å²) in [5.74, 6) is 0.762. The van der Waals surface area contributed by atoms with Crippen molar-refractivity contribution >= 4 is 51.1 Å². The van der Waals surface area contributed by atoms with E-state index in [1.54, 1.807) is 22.8 Å². The van der Waals surface area contributed by atoms with Gasteiger partial charge in [0.2, 0.25) is 0 Å². The molecule has 1 aromatic rings.